The molecule has 0 saturated carbocycles. The number of hydrogen-bond donors (Lipinski definition) is 0. The molecule has 0 saturated heterocycles. The summed E-state index contributed by atoms with van der Waals surface area (Å²) in [4.78, 5) is 3.96. The molecule has 0 radical (unpaired) electrons. The predicted octanol–water partition coefficient (Wildman–Crippen LogP) is 3.07. The third-order valence-corrected chi connectivity index (χ3v) is 0.947. The van der Waals surface area contributed by atoms with Crippen LogP contribution in [0.3, 0.4) is 0 Å². The Balaban J connectivity index is 0. The zero-order valence-electron chi connectivity index (χ0n) is 7.81. The van der Waals surface area contributed by atoms with Crippen LogP contribution < -0.4 is 0 Å². The fraction of sp³-hybridized carbons (Fsp3) is 0.667. The molecule has 60 valence electrons. The van der Waals surface area contributed by atoms with Crippen LogP contribution in [0.15, 0.2) is 17.1 Å². The van der Waals surface area contributed by atoms with Crippen molar-refractivity contribution < 1.29 is 0 Å². The van der Waals surface area contributed by atoms with Gasteiger partial charge in [-0.3, -0.25) is 4.99 Å². The first kappa shape index (κ1) is 12.1. The monoisotopic (exact) mass is 141 g/mol. The molecule has 0 amide bonds. The van der Waals surface area contributed by atoms with E-state index in [1.165, 1.54) is 0 Å². The molecule has 10 heavy (non-hydrogen) atoms. The van der Waals surface area contributed by atoms with Gasteiger partial charge in [0.25, 0.3) is 0 Å². The summed E-state index contributed by atoms with van der Waals surface area (Å²) in [5.41, 5.74) is 1.09. The summed E-state index contributed by atoms with van der Waals surface area (Å²) in [7, 11) is 1.80. The Labute approximate surface area is 64.9 Å². The smallest absolute Gasteiger partial charge is 0.0310 e. The van der Waals surface area contributed by atoms with Gasteiger partial charge < -0.3 is 0 Å². The van der Waals surface area contributed by atoms with Gasteiger partial charge in [-0.2, -0.15) is 0 Å². The Morgan fingerprint density at radius 1 is 1.40 bits per heavy atom. The summed E-state index contributed by atoms with van der Waals surface area (Å²) < 4.78 is 0. The maximum Gasteiger partial charge on any atom is 0.0310 e. The molecule has 0 spiro atoms. The van der Waals surface area contributed by atoms with Crippen molar-refractivity contribution in [3.63, 3.8) is 0 Å². The SMILES string of the molecule is CC.CC/C=C\C(C)=NC. The molecule has 0 heterocycles. The van der Waals surface area contributed by atoms with Crippen LogP contribution in [0, 0.1) is 0 Å². The van der Waals surface area contributed by atoms with Crippen molar-refractivity contribution in [2.24, 2.45) is 4.99 Å². The number of allylic oxidation sites excluding steroid dienone is 2. The van der Waals surface area contributed by atoms with E-state index >= 15 is 0 Å². The van der Waals surface area contributed by atoms with Crippen LogP contribution in [-0.2, 0) is 0 Å². The Morgan fingerprint density at radius 2 is 1.90 bits per heavy atom. The standard InChI is InChI=1S/C7H13N.C2H6/c1-4-5-6-7(2)8-3;1-2/h5-6H,4H2,1-3H3;1-2H3/b6-5-,8-7?;. The van der Waals surface area contributed by atoms with Crippen molar-refractivity contribution in [2.75, 3.05) is 7.05 Å². The van der Waals surface area contributed by atoms with Crippen LogP contribution in [0.1, 0.15) is 34.1 Å². The summed E-state index contributed by atoms with van der Waals surface area (Å²) in [6, 6.07) is 0. The summed E-state index contributed by atoms with van der Waals surface area (Å²) in [6.07, 6.45) is 5.22. The molecule has 0 aromatic carbocycles. The Morgan fingerprint density at radius 3 is 2.20 bits per heavy atom. The summed E-state index contributed by atoms with van der Waals surface area (Å²) in [5.74, 6) is 0. The maximum atomic E-state index is 3.96. The Bertz CT molecular complexity index is 101. The van der Waals surface area contributed by atoms with Crippen LogP contribution in [-0.4, -0.2) is 12.8 Å². The topological polar surface area (TPSA) is 12.4 Å². The number of nitrogens with zero attached hydrogens (tertiary/aromatic N) is 1. The van der Waals surface area contributed by atoms with Crippen molar-refractivity contribution in [3.05, 3.63) is 12.2 Å². The lowest BCUT2D eigenvalue weighted by Crippen LogP contribution is -1.80. The van der Waals surface area contributed by atoms with E-state index in [1.807, 2.05) is 26.8 Å². The molecule has 0 fully saturated rings. The first-order valence-electron chi connectivity index (χ1n) is 3.91. The van der Waals surface area contributed by atoms with Gasteiger partial charge >= 0.3 is 0 Å². The maximum absolute atomic E-state index is 3.96. The van der Waals surface area contributed by atoms with Crippen molar-refractivity contribution in [2.45, 2.75) is 34.1 Å². The normalized spacial score (nSPS) is 11.1. The second kappa shape index (κ2) is 11.2. The predicted molar refractivity (Wildman–Crippen MR) is 49.8 cm³/mol. The van der Waals surface area contributed by atoms with Crippen molar-refractivity contribution in [1.82, 2.24) is 0 Å². The number of hydrogen-bond acceptors (Lipinski definition) is 1. The van der Waals surface area contributed by atoms with Crippen LogP contribution in [0.5, 0.6) is 0 Å². The molecule has 0 aliphatic rings. The summed E-state index contributed by atoms with van der Waals surface area (Å²) in [5, 5.41) is 0. The molecule has 0 unspecified atom stereocenters. The van der Waals surface area contributed by atoms with Gasteiger partial charge in [0.1, 0.15) is 0 Å². The van der Waals surface area contributed by atoms with Crippen LogP contribution in [0.2, 0.25) is 0 Å². The second-order valence-corrected chi connectivity index (χ2v) is 1.68. The molecule has 1 nitrogen and oxygen atoms in total. The third kappa shape index (κ3) is 10.4. The van der Waals surface area contributed by atoms with Crippen LogP contribution in [0.25, 0.3) is 0 Å². The first-order valence-corrected chi connectivity index (χ1v) is 3.91. The van der Waals surface area contributed by atoms with Crippen molar-refractivity contribution in [3.8, 4) is 0 Å². The minimum Gasteiger partial charge on any atom is -0.293 e. The highest BCUT2D eigenvalue weighted by Gasteiger charge is 1.74. The van der Waals surface area contributed by atoms with Crippen LogP contribution in [0.4, 0.5) is 0 Å². The molecule has 0 aliphatic heterocycles. The average Bonchev–Trinajstić information content (AvgIpc) is 2.04. The van der Waals surface area contributed by atoms with Gasteiger partial charge in [-0.05, 0) is 19.4 Å². The largest absolute Gasteiger partial charge is 0.293 e. The Kier molecular flexibility index (Phi) is 13.6. The van der Waals surface area contributed by atoms with E-state index < -0.39 is 0 Å². The highest BCUT2D eigenvalue weighted by Crippen LogP contribution is 1.81. The molecule has 0 atom stereocenters. The van der Waals surface area contributed by atoms with E-state index in [1.54, 1.807) is 7.05 Å². The van der Waals surface area contributed by atoms with Crippen LogP contribution >= 0.6 is 0 Å². The van der Waals surface area contributed by atoms with Gasteiger partial charge in [-0.1, -0.05) is 26.8 Å². The lowest BCUT2D eigenvalue weighted by atomic mass is 10.3. The fourth-order valence-corrected chi connectivity index (χ4v) is 0.363. The summed E-state index contributed by atoms with van der Waals surface area (Å²) in [6.45, 7) is 8.10. The van der Waals surface area contributed by atoms with E-state index in [0.29, 0.717) is 0 Å². The lowest BCUT2D eigenvalue weighted by Gasteiger charge is -1.83. The molecule has 0 rings (SSSR count). The van der Waals surface area contributed by atoms with E-state index in [4.69, 9.17) is 0 Å². The summed E-state index contributed by atoms with van der Waals surface area (Å²) >= 11 is 0. The van der Waals surface area contributed by atoms with Gasteiger partial charge in [0.2, 0.25) is 0 Å². The molecule has 0 N–H and O–H groups in total. The Hall–Kier alpha value is -0.590. The molecule has 0 bridgehead atoms. The van der Waals surface area contributed by atoms with Gasteiger partial charge in [0, 0.05) is 12.8 Å². The molecule has 1 heteroatoms. The van der Waals surface area contributed by atoms with E-state index in [2.05, 4.69) is 18.0 Å². The van der Waals surface area contributed by atoms with Crippen molar-refractivity contribution >= 4 is 5.71 Å². The molecule has 0 aliphatic carbocycles. The zero-order valence-corrected chi connectivity index (χ0v) is 7.81. The minimum absolute atomic E-state index is 1.09. The highest BCUT2D eigenvalue weighted by atomic mass is 14.7. The second-order valence-electron chi connectivity index (χ2n) is 1.68. The molecular weight excluding hydrogens is 122 g/mol. The van der Waals surface area contributed by atoms with Crippen molar-refractivity contribution in [1.29, 1.82) is 0 Å². The van der Waals surface area contributed by atoms with E-state index in [0.717, 1.165) is 12.1 Å². The fourth-order valence-electron chi connectivity index (χ4n) is 0.363. The molecule has 0 aromatic heterocycles. The molecular formula is C9H19N. The average molecular weight is 141 g/mol. The quantitative estimate of drug-likeness (QED) is 0.524. The molecule has 0 aromatic rings. The highest BCUT2D eigenvalue weighted by molar-refractivity contribution is 5.92. The van der Waals surface area contributed by atoms with Gasteiger partial charge in [-0.15, -0.1) is 0 Å². The van der Waals surface area contributed by atoms with Gasteiger partial charge in [-0.25, -0.2) is 0 Å². The van der Waals surface area contributed by atoms with Gasteiger partial charge in [0.15, 0.2) is 0 Å². The lowest BCUT2D eigenvalue weighted by molar-refractivity contribution is 1.22. The first-order chi connectivity index (χ1) is 4.81. The number of aliphatic imine (C=N–C) groups is 1. The van der Waals surface area contributed by atoms with E-state index in [-0.39, 0.29) is 0 Å². The van der Waals surface area contributed by atoms with Gasteiger partial charge in [0.05, 0.1) is 0 Å². The minimum atomic E-state index is 1.09. The third-order valence-electron chi connectivity index (χ3n) is 0.947. The van der Waals surface area contributed by atoms with E-state index in [9.17, 15) is 0 Å². The number of rotatable bonds is 2. The zero-order chi connectivity index (χ0) is 8.41.